The average molecular weight is 343 g/mol. The molecule has 1 atom stereocenters. The predicted octanol–water partition coefficient (Wildman–Crippen LogP) is 3.26. The summed E-state index contributed by atoms with van der Waals surface area (Å²) in [6.07, 6.45) is 4.36. The van der Waals surface area contributed by atoms with Gasteiger partial charge in [-0.2, -0.15) is 5.10 Å². The Kier molecular flexibility index (Phi) is 5.76. The standard InChI is InChI=1S/C20H29N3O2/c1-17(2)23-18(9-12-21-23)15-22-13-6-10-20(24,11-14-22)16-25-19-7-4-3-5-8-19/h3-5,7-9,12,17,24H,6,10-11,13-16H2,1-2H3. The van der Waals surface area contributed by atoms with E-state index >= 15 is 0 Å². The maximum atomic E-state index is 10.9. The van der Waals surface area contributed by atoms with Crippen molar-refractivity contribution in [2.24, 2.45) is 0 Å². The van der Waals surface area contributed by atoms with Crippen molar-refractivity contribution in [2.75, 3.05) is 19.7 Å². The molecule has 0 radical (unpaired) electrons. The zero-order chi connectivity index (χ0) is 17.7. The van der Waals surface area contributed by atoms with Crippen LogP contribution in [0.5, 0.6) is 5.75 Å². The van der Waals surface area contributed by atoms with E-state index in [0.29, 0.717) is 12.6 Å². The van der Waals surface area contributed by atoms with Crippen molar-refractivity contribution >= 4 is 0 Å². The van der Waals surface area contributed by atoms with Crippen molar-refractivity contribution in [1.29, 1.82) is 0 Å². The molecule has 1 aliphatic heterocycles. The molecule has 1 unspecified atom stereocenters. The van der Waals surface area contributed by atoms with E-state index in [1.807, 2.05) is 36.5 Å². The highest BCUT2D eigenvalue weighted by atomic mass is 16.5. The first kappa shape index (κ1) is 18.0. The lowest BCUT2D eigenvalue weighted by Crippen LogP contribution is -2.37. The molecule has 2 heterocycles. The molecule has 0 aliphatic carbocycles. The number of likely N-dealkylation sites (tertiary alicyclic amines) is 1. The lowest BCUT2D eigenvalue weighted by Gasteiger charge is -2.27. The molecule has 25 heavy (non-hydrogen) atoms. The monoisotopic (exact) mass is 343 g/mol. The number of hydrogen-bond acceptors (Lipinski definition) is 4. The highest BCUT2D eigenvalue weighted by Gasteiger charge is 2.31. The fraction of sp³-hybridized carbons (Fsp3) is 0.550. The number of para-hydroxylation sites is 1. The van der Waals surface area contributed by atoms with Crippen LogP contribution in [0.25, 0.3) is 0 Å². The average Bonchev–Trinajstić information content (AvgIpc) is 2.99. The zero-order valence-corrected chi connectivity index (χ0v) is 15.3. The molecular weight excluding hydrogens is 314 g/mol. The summed E-state index contributed by atoms with van der Waals surface area (Å²) >= 11 is 0. The van der Waals surface area contributed by atoms with Crippen LogP contribution in [0.3, 0.4) is 0 Å². The van der Waals surface area contributed by atoms with Gasteiger partial charge in [-0.3, -0.25) is 9.58 Å². The Labute approximate surface area is 150 Å². The molecule has 1 aromatic carbocycles. The summed E-state index contributed by atoms with van der Waals surface area (Å²) in [6.45, 7) is 7.41. The van der Waals surface area contributed by atoms with E-state index in [2.05, 4.69) is 34.6 Å². The molecule has 0 spiro atoms. The number of rotatable bonds is 6. The van der Waals surface area contributed by atoms with Crippen LogP contribution >= 0.6 is 0 Å². The topological polar surface area (TPSA) is 50.5 Å². The van der Waals surface area contributed by atoms with Gasteiger partial charge in [-0.15, -0.1) is 0 Å². The van der Waals surface area contributed by atoms with Crippen LogP contribution in [0.1, 0.15) is 44.8 Å². The summed E-state index contributed by atoms with van der Waals surface area (Å²) in [5.74, 6) is 0.817. The number of aromatic nitrogens is 2. The van der Waals surface area contributed by atoms with Crippen LogP contribution in [-0.4, -0.2) is 45.1 Å². The second kappa shape index (κ2) is 8.02. The fourth-order valence-corrected chi connectivity index (χ4v) is 3.43. The van der Waals surface area contributed by atoms with Crippen LogP contribution in [-0.2, 0) is 6.54 Å². The largest absolute Gasteiger partial charge is 0.491 e. The Balaban J connectivity index is 1.55. The highest BCUT2D eigenvalue weighted by molar-refractivity contribution is 5.21. The SMILES string of the molecule is CC(C)n1nccc1CN1CCCC(O)(COc2ccccc2)CC1. The molecule has 5 heteroatoms. The van der Waals surface area contributed by atoms with Gasteiger partial charge in [-0.1, -0.05) is 18.2 Å². The van der Waals surface area contributed by atoms with E-state index in [0.717, 1.165) is 44.6 Å². The highest BCUT2D eigenvalue weighted by Crippen LogP contribution is 2.25. The summed E-state index contributed by atoms with van der Waals surface area (Å²) in [6, 6.07) is 12.2. The maximum Gasteiger partial charge on any atom is 0.119 e. The van der Waals surface area contributed by atoms with E-state index < -0.39 is 5.60 Å². The molecule has 5 nitrogen and oxygen atoms in total. The molecule has 3 rings (SSSR count). The quantitative estimate of drug-likeness (QED) is 0.875. The molecular formula is C20H29N3O2. The van der Waals surface area contributed by atoms with Gasteiger partial charge in [0.2, 0.25) is 0 Å². The van der Waals surface area contributed by atoms with Gasteiger partial charge in [0.15, 0.2) is 0 Å². The second-order valence-electron chi connectivity index (χ2n) is 7.32. The summed E-state index contributed by atoms with van der Waals surface area (Å²) in [5.41, 5.74) is 0.490. The van der Waals surface area contributed by atoms with Crippen LogP contribution in [0, 0.1) is 0 Å². The van der Waals surface area contributed by atoms with Gasteiger partial charge in [0.25, 0.3) is 0 Å². The second-order valence-corrected chi connectivity index (χ2v) is 7.32. The number of benzene rings is 1. The molecule has 0 bridgehead atoms. The van der Waals surface area contributed by atoms with Gasteiger partial charge < -0.3 is 9.84 Å². The minimum absolute atomic E-state index is 0.356. The van der Waals surface area contributed by atoms with Crippen molar-refractivity contribution in [1.82, 2.24) is 14.7 Å². The lowest BCUT2D eigenvalue weighted by molar-refractivity contribution is -0.0168. The Morgan fingerprint density at radius 3 is 2.72 bits per heavy atom. The van der Waals surface area contributed by atoms with Crippen molar-refractivity contribution in [3.8, 4) is 5.75 Å². The van der Waals surface area contributed by atoms with Gasteiger partial charge in [-0.25, -0.2) is 0 Å². The van der Waals surface area contributed by atoms with Crippen LogP contribution < -0.4 is 4.74 Å². The van der Waals surface area contributed by atoms with Crippen LogP contribution in [0.4, 0.5) is 0 Å². The number of hydrogen-bond donors (Lipinski definition) is 1. The summed E-state index contributed by atoms with van der Waals surface area (Å²) in [5, 5.41) is 15.3. The summed E-state index contributed by atoms with van der Waals surface area (Å²) in [7, 11) is 0. The van der Waals surface area contributed by atoms with Gasteiger partial charge in [0.1, 0.15) is 12.4 Å². The van der Waals surface area contributed by atoms with Crippen molar-refractivity contribution < 1.29 is 9.84 Å². The first-order valence-electron chi connectivity index (χ1n) is 9.21. The number of ether oxygens (including phenoxy) is 1. The molecule has 1 N–H and O–H groups in total. The van der Waals surface area contributed by atoms with E-state index in [1.54, 1.807) is 0 Å². The normalized spacial score (nSPS) is 22.1. The van der Waals surface area contributed by atoms with Crippen LogP contribution in [0.15, 0.2) is 42.6 Å². The van der Waals surface area contributed by atoms with Crippen LogP contribution in [0.2, 0.25) is 0 Å². The van der Waals surface area contributed by atoms with E-state index in [4.69, 9.17) is 4.74 Å². The van der Waals surface area contributed by atoms with E-state index in [-0.39, 0.29) is 0 Å². The van der Waals surface area contributed by atoms with Crippen molar-refractivity contribution in [2.45, 2.75) is 51.3 Å². The molecule has 1 fully saturated rings. The van der Waals surface area contributed by atoms with Gasteiger partial charge in [-0.05, 0) is 57.9 Å². The maximum absolute atomic E-state index is 10.9. The smallest absolute Gasteiger partial charge is 0.119 e. The van der Waals surface area contributed by atoms with Gasteiger partial charge in [0.05, 0.1) is 11.3 Å². The third-order valence-electron chi connectivity index (χ3n) is 4.89. The Morgan fingerprint density at radius 2 is 1.96 bits per heavy atom. The first-order valence-corrected chi connectivity index (χ1v) is 9.21. The van der Waals surface area contributed by atoms with E-state index in [1.165, 1.54) is 5.69 Å². The molecule has 0 amide bonds. The Morgan fingerprint density at radius 1 is 1.16 bits per heavy atom. The lowest BCUT2D eigenvalue weighted by atomic mass is 9.96. The minimum atomic E-state index is -0.747. The molecule has 136 valence electrons. The Hall–Kier alpha value is -1.85. The molecule has 1 aromatic heterocycles. The molecule has 0 saturated carbocycles. The summed E-state index contributed by atoms with van der Waals surface area (Å²) in [4.78, 5) is 2.41. The third-order valence-corrected chi connectivity index (χ3v) is 4.89. The van der Waals surface area contributed by atoms with E-state index in [9.17, 15) is 5.11 Å². The Bertz CT molecular complexity index is 656. The fourth-order valence-electron chi connectivity index (χ4n) is 3.43. The third kappa shape index (κ3) is 4.83. The predicted molar refractivity (Wildman–Crippen MR) is 98.6 cm³/mol. The first-order chi connectivity index (χ1) is 12.1. The van der Waals surface area contributed by atoms with Gasteiger partial charge >= 0.3 is 0 Å². The van der Waals surface area contributed by atoms with Crippen molar-refractivity contribution in [3.05, 3.63) is 48.3 Å². The van der Waals surface area contributed by atoms with Crippen molar-refractivity contribution in [3.63, 3.8) is 0 Å². The van der Waals surface area contributed by atoms with Gasteiger partial charge in [0, 0.05) is 25.3 Å². The molecule has 1 saturated heterocycles. The molecule has 2 aromatic rings. The zero-order valence-electron chi connectivity index (χ0n) is 15.3. The minimum Gasteiger partial charge on any atom is -0.491 e. The number of nitrogens with zero attached hydrogens (tertiary/aromatic N) is 3. The summed E-state index contributed by atoms with van der Waals surface area (Å²) < 4.78 is 7.89. The molecule has 1 aliphatic rings. The number of aliphatic hydroxyl groups is 1.